The van der Waals surface area contributed by atoms with Gasteiger partial charge in [-0.25, -0.2) is 4.79 Å². The second-order valence-corrected chi connectivity index (χ2v) is 5.11. The third-order valence-corrected chi connectivity index (χ3v) is 3.35. The quantitative estimate of drug-likeness (QED) is 0.823. The molecule has 0 saturated carbocycles. The van der Waals surface area contributed by atoms with Gasteiger partial charge in [0.15, 0.2) is 0 Å². The summed E-state index contributed by atoms with van der Waals surface area (Å²) in [5.41, 5.74) is 0.939. The summed E-state index contributed by atoms with van der Waals surface area (Å²) in [6.07, 6.45) is 0.771. The molecule has 4 nitrogen and oxygen atoms in total. The van der Waals surface area contributed by atoms with E-state index in [1.54, 1.807) is 6.07 Å². The fourth-order valence-electron chi connectivity index (χ4n) is 2.38. The van der Waals surface area contributed by atoms with Gasteiger partial charge in [0, 0.05) is 19.6 Å². The zero-order chi connectivity index (χ0) is 13.2. The van der Waals surface area contributed by atoms with Crippen LogP contribution >= 0.6 is 0 Å². The second-order valence-electron chi connectivity index (χ2n) is 5.11. The Morgan fingerprint density at radius 1 is 1.50 bits per heavy atom. The van der Waals surface area contributed by atoms with Gasteiger partial charge >= 0.3 is 5.97 Å². The molecule has 1 unspecified atom stereocenters. The molecule has 1 heterocycles. The number of esters is 1. The van der Waals surface area contributed by atoms with E-state index in [2.05, 4.69) is 4.90 Å². The van der Waals surface area contributed by atoms with Crippen LogP contribution in [-0.4, -0.2) is 41.8 Å². The van der Waals surface area contributed by atoms with E-state index >= 15 is 0 Å². The molecule has 0 amide bonds. The van der Waals surface area contributed by atoms with Crippen molar-refractivity contribution in [2.45, 2.75) is 25.5 Å². The van der Waals surface area contributed by atoms with Gasteiger partial charge in [-0.1, -0.05) is 18.2 Å². The van der Waals surface area contributed by atoms with Gasteiger partial charge in [-0.2, -0.15) is 0 Å². The molecule has 0 radical (unpaired) electrons. The third-order valence-electron chi connectivity index (χ3n) is 3.35. The average molecular weight is 249 g/mol. The van der Waals surface area contributed by atoms with Gasteiger partial charge in [-0.3, -0.25) is 4.90 Å². The Labute approximate surface area is 107 Å². The van der Waals surface area contributed by atoms with Gasteiger partial charge in [0.1, 0.15) is 0 Å². The summed E-state index contributed by atoms with van der Waals surface area (Å²) in [4.78, 5) is 13.8. The number of rotatable bonds is 3. The van der Waals surface area contributed by atoms with Crippen molar-refractivity contribution in [3.63, 3.8) is 0 Å². The Kier molecular flexibility index (Phi) is 3.68. The van der Waals surface area contributed by atoms with Crippen LogP contribution in [-0.2, 0) is 11.3 Å². The van der Waals surface area contributed by atoms with Crippen LogP contribution in [0.3, 0.4) is 0 Å². The molecule has 1 aliphatic rings. The minimum absolute atomic E-state index is 0.309. The van der Waals surface area contributed by atoms with Gasteiger partial charge in [0.25, 0.3) is 0 Å². The number of methoxy groups -OCH3 is 1. The number of likely N-dealkylation sites (tertiary alicyclic amines) is 1. The third kappa shape index (κ3) is 2.89. The molecular weight excluding hydrogens is 230 g/mol. The van der Waals surface area contributed by atoms with Crippen molar-refractivity contribution in [2.24, 2.45) is 0 Å². The lowest BCUT2D eigenvalue weighted by molar-refractivity contribution is 0.0597. The molecule has 0 bridgehead atoms. The lowest BCUT2D eigenvalue weighted by Crippen LogP contribution is -2.29. The standard InChI is InChI=1S/C14H19NO3/c1-14(17)7-8-15(10-14)9-11-5-3-4-6-12(11)13(16)18-2/h3-6,17H,7-10H2,1-2H3. The minimum atomic E-state index is -0.611. The van der Waals surface area contributed by atoms with Crippen LogP contribution in [0.2, 0.25) is 0 Å². The highest BCUT2D eigenvalue weighted by molar-refractivity contribution is 5.90. The molecule has 1 aromatic rings. The summed E-state index contributed by atoms with van der Waals surface area (Å²) in [6, 6.07) is 7.44. The van der Waals surface area contributed by atoms with E-state index in [4.69, 9.17) is 4.74 Å². The predicted molar refractivity (Wildman–Crippen MR) is 68.3 cm³/mol. The predicted octanol–water partition coefficient (Wildman–Crippen LogP) is 1.43. The van der Waals surface area contributed by atoms with E-state index in [0.717, 1.165) is 18.5 Å². The van der Waals surface area contributed by atoms with Gasteiger partial charge in [-0.15, -0.1) is 0 Å². The normalized spacial score (nSPS) is 24.2. The zero-order valence-electron chi connectivity index (χ0n) is 10.8. The number of carbonyl (C=O) groups is 1. The monoisotopic (exact) mass is 249 g/mol. The minimum Gasteiger partial charge on any atom is -0.465 e. The molecule has 18 heavy (non-hydrogen) atoms. The number of hydrogen-bond acceptors (Lipinski definition) is 4. The van der Waals surface area contributed by atoms with Gasteiger partial charge < -0.3 is 9.84 Å². The Balaban J connectivity index is 2.12. The van der Waals surface area contributed by atoms with Crippen molar-refractivity contribution >= 4 is 5.97 Å². The molecule has 1 aliphatic heterocycles. The number of benzene rings is 1. The molecule has 1 N–H and O–H groups in total. The summed E-state index contributed by atoms with van der Waals surface area (Å²) in [7, 11) is 1.39. The van der Waals surface area contributed by atoms with Crippen LogP contribution in [0.15, 0.2) is 24.3 Å². The first-order chi connectivity index (χ1) is 8.52. The lowest BCUT2D eigenvalue weighted by atomic mass is 10.1. The van der Waals surface area contributed by atoms with Crippen molar-refractivity contribution < 1.29 is 14.6 Å². The smallest absolute Gasteiger partial charge is 0.338 e. The fraction of sp³-hybridized carbons (Fsp3) is 0.500. The van der Waals surface area contributed by atoms with E-state index in [1.807, 2.05) is 25.1 Å². The van der Waals surface area contributed by atoms with Crippen molar-refractivity contribution in [3.8, 4) is 0 Å². The number of ether oxygens (including phenoxy) is 1. The van der Waals surface area contributed by atoms with Gasteiger partial charge in [0.2, 0.25) is 0 Å². The highest BCUT2D eigenvalue weighted by atomic mass is 16.5. The fourth-order valence-corrected chi connectivity index (χ4v) is 2.38. The van der Waals surface area contributed by atoms with Gasteiger partial charge in [0.05, 0.1) is 18.3 Å². The number of β-amino-alcohol motifs (C(OH)–C–C–N with tert-alkyl or cyclic N) is 1. The topological polar surface area (TPSA) is 49.8 Å². The molecule has 1 saturated heterocycles. The van der Waals surface area contributed by atoms with Crippen LogP contribution in [0.4, 0.5) is 0 Å². The van der Waals surface area contributed by atoms with Crippen LogP contribution < -0.4 is 0 Å². The second kappa shape index (κ2) is 5.08. The molecule has 1 atom stereocenters. The maximum atomic E-state index is 11.6. The maximum absolute atomic E-state index is 11.6. The lowest BCUT2D eigenvalue weighted by Gasteiger charge is -2.19. The van der Waals surface area contributed by atoms with Crippen molar-refractivity contribution in [1.82, 2.24) is 4.90 Å². The number of carbonyl (C=O) groups excluding carboxylic acids is 1. The SMILES string of the molecule is COC(=O)c1ccccc1CN1CCC(C)(O)C1. The van der Waals surface area contributed by atoms with Crippen LogP contribution in [0.1, 0.15) is 29.3 Å². The summed E-state index contributed by atoms with van der Waals surface area (Å²) in [5, 5.41) is 9.93. The Morgan fingerprint density at radius 2 is 2.22 bits per heavy atom. The van der Waals surface area contributed by atoms with E-state index in [1.165, 1.54) is 7.11 Å². The summed E-state index contributed by atoms with van der Waals surface area (Å²) < 4.78 is 4.78. The van der Waals surface area contributed by atoms with E-state index in [9.17, 15) is 9.90 Å². The molecule has 0 aliphatic carbocycles. The molecule has 98 valence electrons. The molecule has 1 fully saturated rings. The summed E-state index contributed by atoms with van der Waals surface area (Å²) in [5.74, 6) is -0.309. The van der Waals surface area contributed by atoms with Crippen molar-refractivity contribution in [2.75, 3.05) is 20.2 Å². The van der Waals surface area contributed by atoms with Crippen molar-refractivity contribution in [1.29, 1.82) is 0 Å². The highest BCUT2D eigenvalue weighted by Gasteiger charge is 2.31. The molecule has 0 aromatic heterocycles. The first-order valence-corrected chi connectivity index (χ1v) is 6.13. The van der Waals surface area contributed by atoms with Crippen LogP contribution in [0.25, 0.3) is 0 Å². The van der Waals surface area contributed by atoms with Crippen molar-refractivity contribution in [3.05, 3.63) is 35.4 Å². The van der Waals surface area contributed by atoms with E-state index in [0.29, 0.717) is 18.7 Å². The first kappa shape index (κ1) is 13.1. The maximum Gasteiger partial charge on any atom is 0.338 e. The molecule has 0 spiro atoms. The number of nitrogens with zero attached hydrogens (tertiary/aromatic N) is 1. The Hall–Kier alpha value is -1.39. The largest absolute Gasteiger partial charge is 0.465 e. The first-order valence-electron chi connectivity index (χ1n) is 6.13. The van der Waals surface area contributed by atoms with Crippen LogP contribution in [0, 0.1) is 0 Å². The molecule has 4 heteroatoms. The Bertz CT molecular complexity index is 442. The van der Waals surface area contributed by atoms with E-state index in [-0.39, 0.29) is 5.97 Å². The average Bonchev–Trinajstić information content (AvgIpc) is 2.68. The van der Waals surface area contributed by atoms with E-state index < -0.39 is 5.60 Å². The zero-order valence-corrected chi connectivity index (χ0v) is 10.8. The Morgan fingerprint density at radius 3 is 2.83 bits per heavy atom. The molecular formula is C14H19NO3. The molecule has 1 aromatic carbocycles. The summed E-state index contributed by atoms with van der Waals surface area (Å²) in [6.45, 7) is 4.01. The summed E-state index contributed by atoms with van der Waals surface area (Å²) >= 11 is 0. The molecule has 2 rings (SSSR count). The number of aliphatic hydroxyl groups is 1. The van der Waals surface area contributed by atoms with Crippen LogP contribution in [0.5, 0.6) is 0 Å². The highest BCUT2D eigenvalue weighted by Crippen LogP contribution is 2.23. The van der Waals surface area contributed by atoms with Gasteiger partial charge in [-0.05, 0) is 25.0 Å². The number of hydrogen-bond donors (Lipinski definition) is 1.